The van der Waals surface area contributed by atoms with Crippen molar-refractivity contribution >= 4 is 27.3 Å². The average molecular weight is 271 g/mol. The Morgan fingerprint density at radius 1 is 1.35 bits per heavy atom. The zero-order valence-electron chi connectivity index (χ0n) is 10.0. The maximum atomic E-state index is 11.7. The number of benzene rings is 1. The smallest absolute Gasteiger partial charge is 0.177 e. The van der Waals surface area contributed by atoms with Crippen LogP contribution in [0.25, 0.3) is 0 Å². The molecule has 2 atom stereocenters. The molecule has 1 heterocycles. The third-order valence-corrected chi connectivity index (χ3v) is 5.48. The van der Waals surface area contributed by atoms with Crippen molar-refractivity contribution in [3.8, 4) is 0 Å². The molecule has 94 valence electrons. The highest BCUT2D eigenvalue weighted by Crippen LogP contribution is 2.30. The van der Waals surface area contributed by atoms with Crippen LogP contribution in [-0.4, -0.2) is 31.7 Å². The molecule has 1 saturated heterocycles. The molecular formula is C12H17NO2S2. The molecule has 0 radical (unpaired) electrons. The first-order chi connectivity index (χ1) is 7.98. The summed E-state index contributed by atoms with van der Waals surface area (Å²) in [5.74, 6) is 1.14. The Morgan fingerprint density at radius 2 is 2.06 bits per heavy atom. The van der Waals surface area contributed by atoms with E-state index in [0.29, 0.717) is 16.2 Å². The van der Waals surface area contributed by atoms with E-state index in [1.165, 1.54) is 6.26 Å². The van der Waals surface area contributed by atoms with Crippen molar-refractivity contribution in [2.45, 2.75) is 29.5 Å². The van der Waals surface area contributed by atoms with Crippen molar-refractivity contribution in [3.05, 3.63) is 24.3 Å². The highest BCUT2D eigenvalue weighted by Gasteiger charge is 2.25. The maximum Gasteiger partial charge on any atom is 0.177 e. The van der Waals surface area contributed by atoms with Crippen LogP contribution in [0.1, 0.15) is 13.3 Å². The Hall–Kier alpha value is -0.680. The van der Waals surface area contributed by atoms with Crippen molar-refractivity contribution in [2.75, 3.05) is 17.3 Å². The molecule has 1 aliphatic heterocycles. The molecule has 1 aromatic carbocycles. The fraction of sp³-hybridized carbons (Fsp3) is 0.500. The summed E-state index contributed by atoms with van der Waals surface area (Å²) >= 11 is 1.93. The van der Waals surface area contributed by atoms with Crippen LogP contribution in [0, 0.1) is 0 Å². The number of sulfone groups is 1. The number of rotatable bonds is 3. The molecule has 0 aromatic heterocycles. The van der Waals surface area contributed by atoms with Crippen LogP contribution in [-0.2, 0) is 9.84 Å². The van der Waals surface area contributed by atoms with E-state index in [2.05, 4.69) is 12.2 Å². The lowest BCUT2D eigenvalue weighted by Gasteiger charge is -2.19. The van der Waals surface area contributed by atoms with Crippen molar-refractivity contribution in [1.82, 2.24) is 0 Å². The molecule has 1 aromatic rings. The standard InChI is InChI=1S/C12H17NO2S2/c1-9-10(7-8-16-9)13-11-5-3-4-6-12(11)17(2,14)15/h3-6,9-10,13H,7-8H2,1-2H3. The van der Waals surface area contributed by atoms with E-state index in [-0.39, 0.29) is 0 Å². The minimum absolute atomic E-state index is 0.364. The first-order valence-electron chi connectivity index (χ1n) is 5.66. The third-order valence-electron chi connectivity index (χ3n) is 3.00. The second kappa shape index (κ2) is 4.90. The third kappa shape index (κ3) is 2.96. The lowest BCUT2D eigenvalue weighted by atomic mass is 10.1. The Morgan fingerprint density at radius 3 is 2.65 bits per heavy atom. The van der Waals surface area contributed by atoms with E-state index in [0.717, 1.165) is 17.9 Å². The molecule has 5 heteroatoms. The lowest BCUT2D eigenvalue weighted by molar-refractivity contribution is 0.601. The largest absolute Gasteiger partial charge is 0.380 e. The average Bonchev–Trinajstić information content (AvgIpc) is 2.64. The first-order valence-corrected chi connectivity index (χ1v) is 8.60. The molecule has 1 N–H and O–H groups in total. The van der Waals surface area contributed by atoms with E-state index < -0.39 is 9.84 Å². The van der Waals surface area contributed by atoms with E-state index in [9.17, 15) is 8.42 Å². The minimum atomic E-state index is -3.16. The lowest BCUT2D eigenvalue weighted by Crippen LogP contribution is -2.25. The molecule has 2 unspecified atom stereocenters. The van der Waals surface area contributed by atoms with Crippen LogP contribution in [0.2, 0.25) is 0 Å². The highest BCUT2D eigenvalue weighted by atomic mass is 32.2. The molecule has 17 heavy (non-hydrogen) atoms. The van der Waals surface area contributed by atoms with E-state index in [1.807, 2.05) is 23.9 Å². The van der Waals surface area contributed by atoms with E-state index >= 15 is 0 Å². The molecule has 0 spiro atoms. The monoisotopic (exact) mass is 271 g/mol. The van der Waals surface area contributed by atoms with Gasteiger partial charge in [0.25, 0.3) is 0 Å². The van der Waals surface area contributed by atoms with Crippen LogP contribution in [0.15, 0.2) is 29.2 Å². The van der Waals surface area contributed by atoms with Gasteiger partial charge in [-0.2, -0.15) is 11.8 Å². The molecular weight excluding hydrogens is 254 g/mol. The summed E-state index contributed by atoms with van der Waals surface area (Å²) in [5, 5.41) is 3.90. The highest BCUT2D eigenvalue weighted by molar-refractivity contribution is 8.00. The SMILES string of the molecule is CC1SCCC1Nc1ccccc1S(C)(=O)=O. The summed E-state index contributed by atoms with van der Waals surface area (Å²) in [4.78, 5) is 0.393. The van der Waals surface area contributed by atoms with Crippen LogP contribution >= 0.6 is 11.8 Å². The normalized spacial score (nSPS) is 24.8. The van der Waals surface area contributed by atoms with Gasteiger partial charge in [0, 0.05) is 17.5 Å². The zero-order valence-corrected chi connectivity index (χ0v) is 11.6. The molecule has 2 rings (SSSR count). The van der Waals surface area contributed by atoms with E-state index in [1.54, 1.807) is 12.1 Å². The van der Waals surface area contributed by atoms with Crippen molar-refractivity contribution in [3.63, 3.8) is 0 Å². The van der Waals surface area contributed by atoms with Gasteiger partial charge in [-0.1, -0.05) is 19.1 Å². The second-order valence-corrected chi connectivity index (χ2v) is 7.85. The topological polar surface area (TPSA) is 46.2 Å². The Bertz CT molecular complexity index is 499. The van der Waals surface area contributed by atoms with Crippen LogP contribution in [0.3, 0.4) is 0 Å². The zero-order chi connectivity index (χ0) is 12.5. The van der Waals surface area contributed by atoms with Gasteiger partial charge in [-0.25, -0.2) is 8.42 Å². The van der Waals surface area contributed by atoms with Gasteiger partial charge in [-0.3, -0.25) is 0 Å². The van der Waals surface area contributed by atoms with Gasteiger partial charge in [-0.15, -0.1) is 0 Å². The van der Waals surface area contributed by atoms with Crippen LogP contribution in [0.5, 0.6) is 0 Å². The molecule has 0 bridgehead atoms. The van der Waals surface area contributed by atoms with Crippen LogP contribution < -0.4 is 5.32 Å². The molecule has 1 fully saturated rings. The molecule has 3 nitrogen and oxygen atoms in total. The molecule has 1 aliphatic rings. The predicted molar refractivity (Wildman–Crippen MR) is 73.5 cm³/mol. The predicted octanol–water partition coefficient (Wildman–Crippen LogP) is 2.40. The van der Waals surface area contributed by atoms with E-state index in [4.69, 9.17) is 0 Å². The van der Waals surface area contributed by atoms with Crippen molar-refractivity contribution < 1.29 is 8.42 Å². The maximum absolute atomic E-state index is 11.7. The quantitative estimate of drug-likeness (QED) is 0.917. The second-order valence-electron chi connectivity index (χ2n) is 4.38. The summed E-state index contributed by atoms with van der Waals surface area (Å²) in [6, 6.07) is 7.48. The molecule has 0 amide bonds. The Labute approximate surface area is 107 Å². The molecule has 0 aliphatic carbocycles. The number of nitrogens with one attached hydrogen (secondary N) is 1. The van der Waals surface area contributed by atoms with Crippen LogP contribution in [0.4, 0.5) is 5.69 Å². The Balaban J connectivity index is 2.27. The summed E-state index contributed by atoms with van der Waals surface area (Å²) in [6.07, 6.45) is 2.34. The number of hydrogen-bond donors (Lipinski definition) is 1. The van der Waals surface area contributed by atoms with Gasteiger partial charge in [-0.05, 0) is 24.3 Å². The fourth-order valence-electron chi connectivity index (χ4n) is 2.03. The number of hydrogen-bond acceptors (Lipinski definition) is 4. The van der Waals surface area contributed by atoms with Gasteiger partial charge in [0.05, 0.1) is 10.6 Å². The number of para-hydroxylation sites is 1. The summed E-state index contributed by atoms with van der Waals surface area (Å²) in [7, 11) is -3.16. The first kappa shape index (κ1) is 12.8. The summed E-state index contributed by atoms with van der Waals surface area (Å²) in [6.45, 7) is 2.18. The van der Waals surface area contributed by atoms with Gasteiger partial charge < -0.3 is 5.32 Å². The molecule has 0 saturated carbocycles. The Kier molecular flexibility index (Phi) is 3.68. The number of anilines is 1. The van der Waals surface area contributed by atoms with Gasteiger partial charge in [0.15, 0.2) is 9.84 Å². The van der Waals surface area contributed by atoms with Crippen molar-refractivity contribution in [2.24, 2.45) is 0 Å². The minimum Gasteiger partial charge on any atom is -0.380 e. The number of thioether (sulfide) groups is 1. The fourth-order valence-corrected chi connectivity index (χ4v) is 4.08. The van der Waals surface area contributed by atoms with Gasteiger partial charge >= 0.3 is 0 Å². The van der Waals surface area contributed by atoms with Crippen molar-refractivity contribution in [1.29, 1.82) is 0 Å². The van der Waals surface area contributed by atoms with Gasteiger partial charge in [0.1, 0.15) is 0 Å². The summed E-state index contributed by atoms with van der Waals surface area (Å²) < 4.78 is 23.3. The summed E-state index contributed by atoms with van der Waals surface area (Å²) in [5.41, 5.74) is 0.731. The van der Waals surface area contributed by atoms with Gasteiger partial charge in [0.2, 0.25) is 0 Å².